The Labute approximate surface area is 53.0 Å². The predicted molar refractivity (Wildman–Crippen MR) is 30.1 cm³/mol. The van der Waals surface area contributed by atoms with Gasteiger partial charge in [-0.25, -0.2) is 0 Å². The maximum absolute atomic E-state index is 12.5. The highest BCUT2D eigenvalue weighted by Crippen LogP contribution is 2.11. The monoisotopic (exact) mass is 130 g/mol. The normalized spacial score (nSPS) is 15.3. The van der Waals surface area contributed by atoms with Crippen LogP contribution in [0.3, 0.4) is 0 Å². The molecule has 0 heterocycles. The van der Waals surface area contributed by atoms with Gasteiger partial charge >= 0.3 is 5.85 Å². The van der Waals surface area contributed by atoms with E-state index in [1.165, 1.54) is 0 Å². The van der Waals surface area contributed by atoms with Crippen molar-refractivity contribution in [2.24, 2.45) is 0 Å². The van der Waals surface area contributed by atoms with Crippen LogP contribution < -0.4 is 0 Å². The average Bonchev–Trinajstić information content (AvgIpc) is 1.65. The molecule has 0 fully saturated rings. The molecule has 1 atom stereocenters. The van der Waals surface area contributed by atoms with Crippen LogP contribution in [0.1, 0.15) is 13.8 Å². The van der Waals surface area contributed by atoms with Crippen LogP contribution in [0.5, 0.6) is 0 Å². The molecule has 0 radical (unpaired) electrons. The zero-order valence-electron chi connectivity index (χ0n) is 5.27. The van der Waals surface area contributed by atoms with Crippen molar-refractivity contribution in [3.05, 3.63) is 0 Å². The van der Waals surface area contributed by atoms with E-state index in [0.717, 1.165) is 13.8 Å². The first kappa shape index (κ1) is 7.96. The molecule has 0 spiro atoms. The van der Waals surface area contributed by atoms with Gasteiger partial charge in [-0.1, -0.05) is 6.42 Å². The van der Waals surface area contributed by atoms with Crippen molar-refractivity contribution in [3.63, 3.8) is 0 Å². The Balaban J connectivity index is 4.06. The number of halogens is 1. The van der Waals surface area contributed by atoms with Gasteiger partial charge in [-0.05, 0) is 0 Å². The summed E-state index contributed by atoms with van der Waals surface area (Å²) in [5.41, 5.74) is 0. The summed E-state index contributed by atoms with van der Waals surface area (Å²) in [5.74, 6) is -3.06. The number of ether oxygens (including phenoxy) is 1. The summed E-state index contributed by atoms with van der Waals surface area (Å²) in [5, 5.41) is 0. The number of ketones is 1. The van der Waals surface area contributed by atoms with E-state index in [0.29, 0.717) is 0 Å². The molecule has 0 N–H and O–H groups in total. The van der Waals surface area contributed by atoms with Crippen molar-refractivity contribution in [1.29, 1.82) is 0 Å². The van der Waals surface area contributed by atoms with Crippen LogP contribution in [-0.2, 0) is 9.53 Å². The van der Waals surface area contributed by atoms with Crippen LogP contribution in [0.4, 0.5) is 4.39 Å². The second-order valence-electron chi connectivity index (χ2n) is 1.69. The third-order valence-corrected chi connectivity index (χ3v) is 0.879. The first-order chi connectivity index (χ1) is 4.00. The van der Waals surface area contributed by atoms with Gasteiger partial charge in [0.15, 0.2) is 0 Å². The highest BCUT2D eigenvalue weighted by Gasteiger charge is 2.30. The van der Waals surface area contributed by atoms with E-state index in [4.69, 9.17) is 0 Å². The summed E-state index contributed by atoms with van der Waals surface area (Å²) in [4.78, 5) is 10.3. The molecule has 0 saturated carbocycles. The lowest BCUT2D eigenvalue weighted by Gasteiger charge is -2.12. The Morgan fingerprint density at radius 3 is 2.44 bits per heavy atom. The number of Topliss-reactive ketones (excluding diaryl/α,β-unsaturated/α-hetero) is 1. The van der Waals surface area contributed by atoms with E-state index in [9.17, 15) is 9.18 Å². The van der Waals surface area contributed by atoms with Gasteiger partial charge < -0.3 is 4.74 Å². The van der Waals surface area contributed by atoms with Gasteiger partial charge in [0, 0.05) is 13.8 Å². The van der Waals surface area contributed by atoms with Gasteiger partial charge in [-0.3, -0.25) is 4.79 Å². The topological polar surface area (TPSA) is 26.3 Å². The zero-order valence-corrected chi connectivity index (χ0v) is 5.27. The molecule has 0 aliphatic rings. The van der Waals surface area contributed by atoms with E-state index < -0.39 is 11.6 Å². The first-order valence-corrected chi connectivity index (χ1v) is 2.34. The lowest BCUT2D eigenvalue weighted by atomic mass is 10.2. The van der Waals surface area contributed by atoms with E-state index in [1.807, 2.05) is 0 Å². The number of carbonyl (C=O) groups excluding carboxylic acids is 1. The quantitative estimate of drug-likeness (QED) is 0.518. The maximum Gasteiger partial charge on any atom is 0.313 e. The smallest absolute Gasteiger partial charge is 0.313 e. The van der Waals surface area contributed by atoms with Crippen LogP contribution in [0, 0.1) is 12.5 Å². The highest BCUT2D eigenvalue weighted by atomic mass is 19.2. The molecule has 0 aliphatic carbocycles. The van der Waals surface area contributed by atoms with Gasteiger partial charge in [0.05, 0.1) is 0 Å². The number of terminal acetylenes is 1. The summed E-state index contributed by atoms with van der Waals surface area (Å²) in [6.45, 7) is 2.03. The second-order valence-corrected chi connectivity index (χ2v) is 1.69. The molecule has 0 amide bonds. The molecule has 2 nitrogen and oxygen atoms in total. The van der Waals surface area contributed by atoms with E-state index in [1.54, 1.807) is 6.11 Å². The molecule has 0 rings (SSSR count). The highest BCUT2D eigenvalue weighted by molar-refractivity contribution is 5.82. The molecule has 3 heteroatoms. The van der Waals surface area contributed by atoms with Crippen molar-refractivity contribution in [3.8, 4) is 12.5 Å². The first-order valence-electron chi connectivity index (χ1n) is 2.34. The lowest BCUT2D eigenvalue weighted by Crippen LogP contribution is -2.29. The number of rotatable bonds is 2. The van der Waals surface area contributed by atoms with Gasteiger partial charge in [0.1, 0.15) is 6.11 Å². The molecule has 50 valence electrons. The number of carbonyl (C=O) groups is 1. The Bertz CT molecular complexity index is 155. The molecule has 0 aromatic heterocycles. The second kappa shape index (κ2) is 2.49. The van der Waals surface area contributed by atoms with E-state index in [-0.39, 0.29) is 0 Å². The van der Waals surface area contributed by atoms with Crippen LogP contribution in [-0.4, -0.2) is 11.6 Å². The summed E-state index contributed by atoms with van der Waals surface area (Å²) in [6.07, 6.45) is 6.18. The lowest BCUT2D eigenvalue weighted by molar-refractivity contribution is -0.150. The Morgan fingerprint density at radius 1 is 1.89 bits per heavy atom. The van der Waals surface area contributed by atoms with Gasteiger partial charge in [0.2, 0.25) is 5.78 Å². The molecule has 0 aromatic rings. The average molecular weight is 130 g/mol. The minimum Gasteiger partial charge on any atom is -0.400 e. The van der Waals surface area contributed by atoms with Crippen LogP contribution in [0.2, 0.25) is 0 Å². The molecule has 0 saturated heterocycles. The van der Waals surface area contributed by atoms with Crippen molar-refractivity contribution < 1.29 is 13.9 Å². The van der Waals surface area contributed by atoms with Crippen LogP contribution in [0.15, 0.2) is 0 Å². The number of alkyl halides is 1. The van der Waals surface area contributed by atoms with Gasteiger partial charge in [-0.15, -0.1) is 0 Å². The van der Waals surface area contributed by atoms with E-state index in [2.05, 4.69) is 11.2 Å². The van der Waals surface area contributed by atoms with Crippen molar-refractivity contribution in [2.75, 3.05) is 0 Å². The van der Waals surface area contributed by atoms with Crippen molar-refractivity contribution >= 4 is 5.78 Å². The molecule has 0 aromatic carbocycles. The number of hydrogen-bond donors (Lipinski definition) is 0. The minimum atomic E-state index is -2.32. The fourth-order valence-electron chi connectivity index (χ4n) is 0.183. The fourth-order valence-corrected chi connectivity index (χ4v) is 0.183. The third kappa shape index (κ3) is 2.13. The molecule has 0 bridgehead atoms. The maximum atomic E-state index is 12.5. The summed E-state index contributed by atoms with van der Waals surface area (Å²) < 4.78 is 16.5. The SMILES string of the molecule is C#COC(C)(F)C(C)=O. The van der Waals surface area contributed by atoms with Crippen LogP contribution >= 0.6 is 0 Å². The van der Waals surface area contributed by atoms with Gasteiger partial charge in [-0.2, -0.15) is 4.39 Å². The molecular weight excluding hydrogens is 123 g/mol. The number of hydrogen-bond acceptors (Lipinski definition) is 2. The van der Waals surface area contributed by atoms with Gasteiger partial charge in [0.25, 0.3) is 0 Å². The van der Waals surface area contributed by atoms with Crippen molar-refractivity contribution in [2.45, 2.75) is 19.7 Å². The predicted octanol–water partition coefficient (Wildman–Crippen LogP) is 0.868. The molecule has 9 heavy (non-hydrogen) atoms. The van der Waals surface area contributed by atoms with E-state index >= 15 is 0 Å². The minimum absolute atomic E-state index is 0.736. The van der Waals surface area contributed by atoms with Crippen LogP contribution in [0.25, 0.3) is 0 Å². The fraction of sp³-hybridized carbons (Fsp3) is 0.500. The Kier molecular flexibility index (Phi) is 2.20. The summed E-state index contributed by atoms with van der Waals surface area (Å²) in [7, 11) is 0. The molecule has 1 unspecified atom stereocenters. The largest absolute Gasteiger partial charge is 0.400 e. The Hall–Kier alpha value is -1.04. The molecule has 0 aliphatic heterocycles. The Morgan fingerprint density at radius 2 is 2.33 bits per heavy atom. The zero-order chi connectivity index (χ0) is 7.49. The molecular formula is C6H7FO2. The summed E-state index contributed by atoms with van der Waals surface area (Å²) >= 11 is 0. The standard InChI is InChI=1S/C6H7FO2/c1-4-9-6(3,7)5(2)8/h1H,2-3H3. The third-order valence-electron chi connectivity index (χ3n) is 0.879. The summed E-state index contributed by atoms with van der Waals surface area (Å²) in [6, 6.07) is 0. The van der Waals surface area contributed by atoms with Crippen molar-refractivity contribution in [1.82, 2.24) is 0 Å².